The molecule has 1 atom stereocenters. The van der Waals surface area contributed by atoms with Gasteiger partial charge in [-0.25, -0.2) is 4.39 Å². The summed E-state index contributed by atoms with van der Waals surface area (Å²) >= 11 is 0. The summed E-state index contributed by atoms with van der Waals surface area (Å²) in [5.74, 6) is -7.53. The van der Waals surface area contributed by atoms with Crippen molar-refractivity contribution in [3.8, 4) is 0 Å². The average molecular weight is 286 g/mol. The maximum Gasteiger partial charge on any atom is 0.457 e. The van der Waals surface area contributed by atoms with Gasteiger partial charge >= 0.3 is 30.1 Å². The van der Waals surface area contributed by atoms with Crippen molar-refractivity contribution in [2.24, 2.45) is 0 Å². The summed E-state index contributed by atoms with van der Waals surface area (Å²) in [6, 6.07) is 0. The molecule has 104 valence electrons. The molecule has 0 saturated heterocycles. The first-order valence-electron chi connectivity index (χ1n) is 3.30. The van der Waals surface area contributed by atoms with Crippen LogP contribution in [0.15, 0.2) is 0 Å². The largest absolute Gasteiger partial charge is 0.457 e. The van der Waals surface area contributed by atoms with Crippen molar-refractivity contribution in [2.75, 3.05) is 0 Å². The first-order chi connectivity index (χ1) is 7.00. The van der Waals surface area contributed by atoms with E-state index >= 15 is 0 Å². The number of rotatable bonds is 2. The number of halogens is 11. The van der Waals surface area contributed by atoms with Gasteiger partial charge in [0.25, 0.3) is 0 Å². The van der Waals surface area contributed by atoms with E-state index in [-0.39, 0.29) is 0 Å². The fraction of sp³-hybridized carbons (Fsp3) is 1.00. The van der Waals surface area contributed by atoms with Crippen LogP contribution in [0, 0.1) is 0 Å². The van der Waals surface area contributed by atoms with Crippen molar-refractivity contribution < 1.29 is 53.4 Å². The highest BCUT2D eigenvalue weighted by atomic mass is 19.4. The Balaban J connectivity index is 6.04. The Morgan fingerprint density at radius 1 is 0.529 bits per heavy atom. The van der Waals surface area contributed by atoms with Gasteiger partial charge in [0.15, 0.2) is 0 Å². The zero-order chi connectivity index (χ0) is 14.5. The van der Waals surface area contributed by atoms with Crippen LogP contribution in [0.25, 0.3) is 0 Å². The second-order valence-electron chi connectivity index (χ2n) is 2.77. The minimum absolute atomic E-state index is 6.98. The molecule has 0 heterocycles. The van der Waals surface area contributed by atoms with Gasteiger partial charge in [0.2, 0.25) is 0 Å². The molecule has 0 aromatic rings. The third kappa shape index (κ3) is 2.13. The molecule has 12 heteroatoms. The average Bonchev–Trinajstić information content (AvgIpc) is 1.95. The molecule has 1 unspecified atom stereocenters. The summed E-state index contributed by atoms with van der Waals surface area (Å²) in [6.45, 7) is 0. The zero-order valence-electron chi connectivity index (χ0n) is 7.10. The van der Waals surface area contributed by atoms with E-state index in [0.717, 1.165) is 0 Å². The van der Waals surface area contributed by atoms with Crippen molar-refractivity contribution in [1.29, 1.82) is 0 Å². The fourth-order valence-electron chi connectivity index (χ4n) is 0.733. The van der Waals surface area contributed by atoms with Crippen molar-refractivity contribution in [3.63, 3.8) is 0 Å². The second kappa shape index (κ2) is 3.59. The van der Waals surface area contributed by atoms with Crippen LogP contribution < -0.4 is 0 Å². The van der Waals surface area contributed by atoms with Gasteiger partial charge in [0.05, 0.1) is 0 Å². The molecule has 0 amide bonds. The third-order valence-corrected chi connectivity index (χ3v) is 1.59. The lowest BCUT2D eigenvalue weighted by Gasteiger charge is -2.37. The van der Waals surface area contributed by atoms with Crippen LogP contribution in [-0.2, 0) is 0 Å². The molecule has 1 nitrogen and oxygen atoms in total. The van der Waals surface area contributed by atoms with Crippen LogP contribution in [0.2, 0.25) is 0 Å². The molecule has 0 aliphatic heterocycles. The molecule has 0 aliphatic carbocycles. The van der Waals surface area contributed by atoms with E-state index in [9.17, 15) is 48.3 Å². The van der Waals surface area contributed by atoms with Gasteiger partial charge in [-0.05, 0) is 0 Å². The lowest BCUT2D eigenvalue weighted by molar-refractivity contribution is -0.457. The van der Waals surface area contributed by atoms with Crippen molar-refractivity contribution >= 4 is 0 Å². The minimum atomic E-state index is -7.53. The molecule has 0 rings (SSSR count). The first kappa shape index (κ1) is 16.2. The van der Waals surface area contributed by atoms with E-state index in [2.05, 4.69) is 0 Å². The molecule has 0 radical (unpaired) electrons. The summed E-state index contributed by atoms with van der Waals surface area (Å²) in [5, 5.41) is 7.36. The summed E-state index contributed by atoms with van der Waals surface area (Å²) in [5.41, 5.74) is -7.48. The van der Waals surface area contributed by atoms with Crippen LogP contribution in [0.4, 0.5) is 48.3 Å². The van der Waals surface area contributed by atoms with Gasteiger partial charge in [0, 0.05) is 0 Å². The lowest BCUT2D eigenvalue weighted by Crippen LogP contribution is -2.70. The van der Waals surface area contributed by atoms with E-state index in [4.69, 9.17) is 5.11 Å². The van der Waals surface area contributed by atoms with E-state index in [1.165, 1.54) is 0 Å². The zero-order valence-corrected chi connectivity index (χ0v) is 7.10. The Labute approximate surface area is 84.8 Å². The minimum Gasteiger partial charge on any atom is -0.333 e. The summed E-state index contributed by atoms with van der Waals surface area (Å²) in [7, 11) is 0. The van der Waals surface area contributed by atoms with Crippen LogP contribution in [-0.4, -0.2) is 35.2 Å². The van der Waals surface area contributed by atoms with E-state index in [0.29, 0.717) is 0 Å². The molecule has 0 fully saturated rings. The van der Waals surface area contributed by atoms with Gasteiger partial charge in [0.1, 0.15) is 0 Å². The van der Waals surface area contributed by atoms with Gasteiger partial charge < -0.3 is 5.11 Å². The van der Waals surface area contributed by atoms with Gasteiger partial charge in [-0.3, -0.25) is 0 Å². The quantitative estimate of drug-likeness (QED) is 0.774. The molecule has 0 aliphatic rings. The summed E-state index contributed by atoms with van der Waals surface area (Å²) < 4.78 is 130. The highest BCUT2D eigenvalue weighted by Gasteiger charge is 2.90. The van der Waals surface area contributed by atoms with E-state index in [1.54, 1.807) is 0 Å². The highest BCUT2D eigenvalue weighted by molar-refractivity contribution is 5.08. The molecule has 0 aromatic carbocycles. The number of hydrogen-bond acceptors (Lipinski definition) is 1. The molecular formula is C5HF11O. The number of alkyl halides is 11. The SMILES string of the molecule is OC(F)(F)C(F)(C(F)(F)F)C(F)(F)C(F)(F)F. The van der Waals surface area contributed by atoms with Crippen molar-refractivity contribution in [2.45, 2.75) is 30.1 Å². The third-order valence-electron chi connectivity index (χ3n) is 1.59. The van der Waals surface area contributed by atoms with Crippen LogP contribution in [0.5, 0.6) is 0 Å². The van der Waals surface area contributed by atoms with E-state index < -0.39 is 30.1 Å². The van der Waals surface area contributed by atoms with Crippen molar-refractivity contribution in [1.82, 2.24) is 0 Å². The monoisotopic (exact) mass is 286 g/mol. The Bertz CT molecular complexity index is 266. The Hall–Kier alpha value is -0.810. The Morgan fingerprint density at radius 3 is 0.882 bits per heavy atom. The second-order valence-corrected chi connectivity index (χ2v) is 2.77. The fourth-order valence-corrected chi connectivity index (χ4v) is 0.733. The predicted octanol–water partition coefficient (Wildman–Crippen LogP) is 3.04. The van der Waals surface area contributed by atoms with Gasteiger partial charge in [-0.1, -0.05) is 0 Å². The molecule has 0 bridgehead atoms. The molecule has 0 aromatic heterocycles. The highest BCUT2D eigenvalue weighted by Crippen LogP contribution is 2.58. The van der Waals surface area contributed by atoms with Crippen LogP contribution in [0.3, 0.4) is 0 Å². The molecule has 17 heavy (non-hydrogen) atoms. The Morgan fingerprint density at radius 2 is 0.824 bits per heavy atom. The van der Waals surface area contributed by atoms with Gasteiger partial charge in [-0.15, -0.1) is 0 Å². The molecule has 0 saturated carbocycles. The Kier molecular flexibility index (Phi) is 3.42. The van der Waals surface area contributed by atoms with Crippen molar-refractivity contribution in [3.05, 3.63) is 0 Å². The lowest BCUT2D eigenvalue weighted by atomic mass is 9.94. The maximum absolute atomic E-state index is 12.5. The molecule has 0 spiro atoms. The number of hydrogen-bond donors (Lipinski definition) is 1. The normalized spacial score (nSPS) is 19.1. The maximum atomic E-state index is 12.5. The number of aliphatic hydroxyl groups is 1. The van der Waals surface area contributed by atoms with Gasteiger partial charge in [-0.2, -0.15) is 43.9 Å². The molecular weight excluding hydrogens is 285 g/mol. The predicted molar refractivity (Wildman–Crippen MR) is 28.1 cm³/mol. The smallest absolute Gasteiger partial charge is 0.333 e. The summed E-state index contributed by atoms with van der Waals surface area (Å²) in [4.78, 5) is 0. The van der Waals surface area contributed by atoms with E-state index in [1.807, 2.05) is 0 Å². The topological polar surface area (TPSA) is 20.2 Å². The molecule has 1 N–H and O–H groups in total. The first-order valence-corrected chi connectivity index (χ1v) is 3.30. The summed E-state index contributed by atoms with van der Waals surface area (Å²) in [6.07, 6.45) is -21.6. The standard InChI is InChI=1S/C5HF11O/c6-1(3(9,10)11,5(15,16)17)2(7,8)4(12,13)14/h17H. The van der Waals surface area contributed by atoms with Crippen LogP contribution >= 0.6 is 0 Å². The van der Waals surface area contributed by atoms with Crippen LogP contribution in [0.1, 0.15) is 0 Å².